The third-order valence-electron chi connectivity index (χ3n) is 4.20. The van der Waals surface area contributed by atoms with Gasteiger partial charge in [0.2, 0.25) is 0 Å². The van der Waals surface area contributed by atoms with Crippen LogP contribution in [0, 0.1) is 0 Å². The number of aromatic nitrogens is 4. The van der Waals surface area contributed by atoms with Crippen LogP contribution in [0.15, 0.2) is 39.3 Å². The summed E-state index contributed by atoms with van der Waals surface area (Å²) in [5, 5.41) is 14.8. The SMILES string of the molecule is CN1CCNCC1c1noc(-c2cc(-c3ccc(Br)cc3)n[nH]2)n1.Cl. The average molecular weight is 426 g/mol. The van der Waals surface area contributed by atoms with Crippen molar-refractivity contribution in [3.63, 3.8) is 0 Å². The Balaban J connectivity index is 0.00000182. The fraction of sp³-hybridized carbons (Fsp3) is 0.312. The van der Waals surface area contributed by atoms with Crippen LogP contribution in [0.2, 0.25) is 0 Å². The van der Waals surface area contributed by atoms with Crippen LogP contribution in [0.4, 0.5) is 0 Å². The molecule has 3 heterocycles. The minimum absolute atomic E-state index is 0. The Morgan fingerprint density at radius 3 is 2.84 bits per heavy atom. The lowest BCUT2D eigenvalue weighted by Gasteiger charge is -2.30. The van der Waals surface area contributed by atoms with Crippen molar-refractivity contribution in [2.24, 2.45) is 0 Å². The molecular weight excluding hydrogens is 408 g/mol. The van der Waals surface area contributed by atoms with Gasteiger partial charge in [-0.25, -0.2) is 0 Å². The van der Waals surface area contributed by atoms with Gasteiger partial charge in [-0.3, -0.25) is 10.00 Å². The van der Waals surface area contributed by atoms with Crippen LogP contribution in [-0.4, -0.2) is 51.9 Å². The summed E-state index contributed by atoms with van der Waals surface area (Å²) in [6, 6.07) is 10.0. The molecule has 1 atom stereocenters. The number of nitrogens with zero attached hydrogens (tertiary/aromatic N) is 4. The Morgan fingerprint density at radius 1 is 1.28 bits per heavy atom. The zero-order chi connectivity index (χ0) is 16.5. The van der Waals surface area contributed by atoms with Gasteiger partial charge in [-0.15, -0.1) is 12.4 Å². The Kier molecular flexibility index (Phi) is 5.53. The first-order chi connectivity index (χ1) is 11.7. The molecule has 2 aromatic heterocycles. The Labute approximate surface area is 159 Å². The monoisotopic (exact) mass is 424 g/mol. The molecule has 1 fully saturated rings. The van der Waals surface area contributed by atoms with Gasteiger partial charge in [-0.1, -0.05) is 33.2 Å². The molecule has 9 heteroatoms. The normalized spacial score (nSPS) is 18.1. The average Bonchev–Trinajstić information content (AvgIpc) is 3.25. The van der Waals surface area contributed by atoms with Crippen molar-refractivity contribution in [1.29, 1.82) is 0 Å². The van der Waals surface area contributed by atoms with Gasteiger partial charge in [0.25, 0.3) is 5.89 Å². The van der Waals surface area contributed by atoms with Crippen molar-refractivity contribution in [3.05, 3.63) is 40.6 Å². The number of halogens is 2. The third kappa shape index (κ3) is 3.77. The number of H-pyrrole nitrogens is 1. The fourth-order valence-electron chi connectivity index (χ4n) is 2.77. The smallest absolute Gasteiger partial charge is 0.276 e. The largest absolute Gasteiger partial charge is 0.332 e. The molecule has 2 N–H and O–H groups in total. The second kappa shape index (κ2) is 7.65. The molecule has 1 aromatic carbocycles. The number of nitrogens with one attached hydrogen (secondary N) is 2. The zero-order valence-corrected chi connectivity index (χ0v) is 16.0. The van der Waals surface area contributed by atoms with E-state index >= 15 is 0 Å². The lowest BCUT2D eigenvalue weighted by Crippen LogP contribution is -2.44. The van der Waals surface area contributed by atoms with Crippen molar-refractivity contribution in [1.82, 2.24) is 30.6 Å². The number of benzene rings is 1. The van der Waals surface area contributed by atoms with E-state index in [2.05, 4.69) is 53.5 Å². The molecule has 0 bridgehead atoms. The van der Waals surface area contributed by atoms with Crippen molar-refractivity contribution in [3.8, 4) is 22.8 Å². The van der Waals surface area contributed by atoms with Crippen LogP contribution >= 0.6 is 28.3 Å². The van der Waals surface area contributed by atoms with E-state index in [1.165, 1.54) is 0 Å². The van der Waals surface area contributed by atoms with Gasteiger partial charge in [0.15, 0.2) is 5.82 Å². The highest BCUT2D eigenvalue weighted by Gasteiger charge is 2.25. The number of likely N-dealkylation sites (N-methyl/N-ethyl adjacent to an activating group) is 1. The third-order valence-corrected chi connectivity index (χ3v) is 4.73. The molecule has 4 rings (SSSR count). The van der Waals surface area contributed by atoms with E-state index in [0.29, 0.717) is 11.7 Å². The van der Waals surface area contributed by atoms with Gasteiger partial charge in [0, 0.05) is 29.7 Å². The molecule has 132 valence electrons. The van der Waals surface area contributed by atoms with Crippen LogP contribution in [0.3, 0.4) is 0 Å². The summed E-state index contributed by atoms with van der Waals surface area (Å²) in [6.45, 7) is 2.77. The van der Waals surface area contributed by atoms with Crippen LogP contribution in [0.1, 0.15) is 11.9 Å². The predicted octanol–water partition coefficient (Wildman–Crippen LogP) is 2.89. The summed E-state index contributed by atoms with van der Waals surface area (Å²) in [5.74, 6) is 1.15. The zero-order valence-electron chi connectivity index (χ0n) is 13.6. The van der Waals surface area contributed by atoms with Crippen molar-refractivity contribution >= 4 is 28.3 Å². The van der Waals surface area contributed by atoms with E-state index in [9.17, 15) is 0 Å². The minimum atomic E-state index is 0. The maximum Gasteiger partial charge on any atom is 0.276 e. The first-order valence-electron chi connectivity index (χ1n) is 7.77. The number of hydrogen-bond donors (Lipinski definition) is 2. The Bertz CT molecular complexity index is 833. The second-order valence-corrected chi connectivity index (χ2v) is 6.75. The van der Waals surface area contributed by atoms with E-state index in [4.69, 9.17) is 4.52 Å². The minimum Gasteiger partial charge on any atom is -0.332 e. The molecule has 25 heavy (non-hydrogen) atoms. The van der Waals surface area contributed by atoms with E-state index in [0.717, 1.165) is 41.1 Å². The van der Waals surface area contributed by atoms with E-state index in [1.807, 2.05) is 30.3 Å². The van der Waals surface area contributed by atoms with E-state index < -0.39 is 0 Å². The predicted molar refractivity (Wildman–Crippen MR) is 101 cm³/mol. The molecule has 1 saturated heterocycles. The Hall–Kier alpha value is -1.74. The fourth-order valence-corrected chi connectivity index (χ4v) is 3.04. The summed E-state index contributed by atoms with van der Waals surface area (Å²) >= 11 is 3.43. The molecule has 0 radical (unpaired) electrons. The van der Waals surface area contributed by atoms with Gasteiger partial charge in [-0.2, -0.15) is 10.1 Å². The number of aromatic amines is 1. The standard InChI is InChI=1S/C16H17BrN6O.ClH/c1-23-7-6-18-9-14(23)15-19-16(24-22-15)13-8-12(20-21-13)10-2-4-11(17)5-3-10;/h2-5,8,14,18H,6-7,9H2,1H3,(H,20,21);1H. The second-order valence-electron chi connectivity index (χ2n) is 5.83. The summed E-state index contributed by atoms with van der Waals surface area (Å²) in [4.78, 5) is 6.77. The highest BCUT2D eigenvalue weighted by molar-refractivity contribution is 9.10. The van der Waals surface area contributed by atoms with Gasteiger partial charge >= 0.3 is 0 Å². The van der Waals surface area contributed by atoms with Gasteiger partial charge < -0.3 is 9.84 Å². The lowest BCUT2D eigenvalue weighted by molar-refractivity contribution is 0.190. The molecule has 0 aliphatic carbocycles. The van der Waals surface area contributed by atoms with E-state index in [1.54, 1.807) is 0 Å². The number of rotatable bonds is 3. The van der Waals surface area contributed by atoms with Crippen molar-refractivity contribution in [2.75, 3.05) is 26.7 Å². The van der Waals surface area contributed by atoms with Crippen LogP contribution < -0.4 is 5.32 Å². The van der Waals surface area contributed by atoms with Gasteiger partial charge in [-0.05, 0) is 25.2 Å². The summed E-state index contributed by atoms with van der Waals surface area (Å²) < 4.78 is 6.46. The molecule has 7 nitrogen and oxygen atoms in total. The highest BCUT2D eigenvalue weighted by atomic mass is 79.9. The number of hydrogen-bond acceptors (Lipinski definition) is 6. The Morgan fingerprint density at radius 2 is 2.08 bits per heavy atom. The maximum absolute atomic E-state index is 5.43. The van der Waals surface area contributed by atoms with Crippen molar-refractivity contribution in [2.45, 2.75) is 6.04 Å². The summed E-state index contributed by atoms with van der Waals surface area (Å²) in [5.41, 5.74) is 2.59. The quantitative estimate of drug-likeness (QED) is 0.671. The van der Waals surface area contributed by atoms with E-state index in [-0.39, 0.29) is 18.4 Å². The molecule has 0 saturated carbocycles. The van der Waals surface area contributed by atoms with Crippen LogP contribution in [-0.2, 0) is 0 Å². The number of piperazine rings is 1. The highest BCUT2D eigenvalue weighted by Crippen LogP contribution is 2.26. The lowest BCUT2D eigenvalue weighted by atomic mass is 10.1. The topological polar surface area (TPSA) is 82.9 Å². The molecule has 1 aliphatic heterocycles. The van der Waals surface area contributed by atoms with Crippen LogP contribution in [0.25, 0.3) is 22.8 Å². The first-order valence-corrected chi connectivity index (χ1v) is 8.56. The molecule has 0 spiro atoms. The van der Waals surface area contributed by atoms with Gasteiger partial charge in [0.05, 0.1) is 11.7 Å². The molecule has 3 aromatic rings. The van der Waals surface area contributed by atoms with Gasteiger partial charge in [0.1, 0.15) is 5.69 Å². The van der Waals surface area contributed by atoms with Crippen molar-refractivity contribution < 1.29 is 4.52 Å². The van der Waals surface area contributed by atoms with Crippen LogP contribution in [0.5, 0.6) is 0 Å². The summed E-state index contributed by atoms with van der Waals surface area (Å²) in [6.07, 6.45) is 0. The summed E-state index contributed by atoms with van der Waals surface area (Å²) in [7, 11) is 2.07. The first kappa shape index (κ1) is 18.1. The maximum atomic E-state index is 5.43. The molecule has 1 aliphatic rings. The molecule has 1 unspecified atom stereocenters. The molecule has 0 amide bonds. The molecular formula is C16H18BrClN6O.